The Labute approximate surface area is 159 Å². The Morgan fingerprint density at radius 3 is 2.78 bits per heavy atom. The van der Waals surface area contributed by atoms with E-state index in [9.17, 15) is 4.79 Å². The van der Waals surface area contributed by atoms with E-state index in [1.807, 2.05) is 24.3 Å². The van der Waals surface area contributed by atoms with Gasteiger partial charge in [-0.1, -0.05) is 0 Å². The monoisotopic (exact) mass is 370 g/mol. The minimum Gasteiger partial charge on any atom is -0.371 e. The molecule has 0 aromatic carbocycles. The molecule has 0 saturated carbocycles. The molecule has 2 saturated heterocycles. The molecule has 1 spiro atoms. The molecule has 27 heavy (non-hydrogen) atoms. The third-order valence-electron chi connectivity index (χ3n) is 5.54. The number of rotatable bonds is 4. The summed E-state index contributed by atoms with van der Waals surface area (Å²) in [6, 6.07) is 0. The van der Waals surface area contributed by atoms with E-state index in [-0.39, 0.29) is 11.5 Å². The van der Waals surface area contributed by atoms with Gasteiger partial charge in [0.2, 0.25) is 5.91 Å². The van der Waals surface area contributed by atoms with Crippen molar-refractivity contribution in [2.75, 3.05) is 37.7 Å². The van der Waals surface area contributed by atoms with Gasteiger partial charge in [-0.15, -0.1) is 0 Å². The van der Waals surface area contributed by atoms with Crippen LogP contribution in [0.1, 0.15) is 24.8 Å². The van der Waals surface area contributed by atoms with Gasteiger partial charge < -0.3 is 14.5 Å². The fraction of sp³-hybridized carbons (Fsp3) is 0.579. The van der Waals surface area contributed by atoms with Gasteiger partial charge in [0.15, 0.2) is 0 Å². The van der Waals surface area contributed by atoms with Crippen LogP contribution in [0.4, 0.5) is 5.82 Å². The van der Waals surface area contributed by atoms with Crippen molar-refractivity contribution in [2.24, 2.45) is 7.05 Å². The van der Waals surface area contributed by atoms with Gasteiger partial charge in [-0.25, -0.2) is 4.98 Å². The van der Waals surface area contributed by atoms with Crippen molar-refractivity contribution in [3.8, 4) is 0 Å². The minimum atomic E-state index is -0.185. The highest BCUT2D eigenvalue weighted by Gasteiger charge is 2.40. The van der Waals surface area contributed by atoms with Gasteiger partial charge in [-0.05, 0) is 24.8 Å². The number of aryl methyl sites for hydroxylation is 2. The topological polar surface area (TPSA) is 76.4 Å². The Bertz CT molecular complexity index is 770. The number of piperidine rings is 1. The first-order chi connectivity index (χ1) is 13.1. The SMILES string of the molecule is Cn1cc(CCC(=O)N2CCC3(CC2)CN(c2cnccn2)CCO3)cn1. The molecule has 0 bridgehead atoms. The Morgan fingerprint density at radius 1 is 1.22 bits per heavy atom. The highest BCUT2D eigenvalue weighted by molar-refractivity contribution is 5.76. The molecule has 4 rings (SSSR count). The molecule has 8 heteroatoms. The van der Waals surface area contributed by atoms with Gasteiger partial charge in [0, 0.05) is 58.2 Å². The second-order valence-corrected chi connectivity index (χ2v) is 7.42. The number of amides is 1. The lowest BCUT2D eigenvalue weighted by atomic mass is 9.89. The van der Waals surface area contributed by atoms with E-state index in [4.69, 9.17) is 4.74 Å². The zero-order chi connectivity index (χ0) is 18.7. The summed E-state index contributed by atoms with van der Waals surface area (Å²) in [5, 5.41) is 4.16. The minimum absolute atomic E-state index is 0.185. The summed E-state index contributed by atoms with van der Waals surface area (Å²) < 4.78 is 7.95. The first-order valence-electron chi connectivity index (χ1n) is 9.54. The zero-order valence-electron chi connectivity index (χ0n) is 15.8. The average molecular weight is 370 g/mol. The van der Waals surface area contributed by atoms with Crippen LogP contribution in [-0.2, 0) is 23.0 Å². The third-order valence-corrected chi connectivity index (χ3v) is 5.54. The van der Waals surface area contributed by atoms with Crippen molar-refractivity contribution >= 4 is 11.7 Å². The number of aromatic nitrogens is 4. The lowest BCUT2D eigenvalue weighted by molar-refractivity contribution is -0.139. The van der Waals surface area contributed by atoms with Crippen LogP contribution in [-0.4, -0.2) is 68.9 Å². The fourth-order valence-electron chi connectivity index (χ4n) is 3.97. The van der Waals surface area contributed by atoms with Crippen molar-refractivity contribution in [1.29, 1.82) is 0 Å². The molecule has 0 aliphatic carbocycles. The maximum atomic E-state index is 12.6. The predicted octanol–water partition coefficient (Wildman–Crippen LogP) is 1.04. The number of anilines is 1. The number of ether oxygens (including phenoxy) is 1. The zero-order valence-corrected chi connectivity index (χ0v) is 15.8. The predicted molar refractivity (Wildman–Crippen MR) is 100 cm³/mol. The van der Waals surface area contributed by atoms with Crippen molar-refractivity contribution < 1.29 is 9.53 Å². The lowest BCUT2D eigenvalue weighted by Crippen LogP contribution is -2.57. The molecule has 2 aromatic rings. The molecule has 2 fully saturated rings. The molecule has 4 heterocycles. The quantitative estimate of drug-likeness (QED) is 0.800. The maximum Gasteiger partial charge on any atom is 0.222 e. The fourth-order valence-corrected chi connectivity index (χ4v) is 3.97. The summed E-state index contributed by atoms with van der Waals surface area (Å²) >= 11 is 0. The van der Waals surface area contributed by atoms with E-state index in [0.717, 1.165) is 56.8 Å². The number of carbonyl (C=O) groups excluding carboxylic acids is 1. The van der Waals surface area contributed by atoms with Crippen LogP contribution in [0.25, 0.3) is 0 Å². The molecular weight excluding hydrogens is 344 g/mol. The van der Waals surface area contributed by atoms with Crippen LogP contribution >= 0.6 is 0 Å². The summed E-state index contributed by atoms with van der Waals surface area (Å²) in [5.74, 6) is 1.12. The molecular formula is C19H26N6O2. The van der Waals surface area contributed by atoms with Crippen molar-refractivity contribution in [2.45, 2.75) is 31.3 Å². The number of carbonyl (C=O) groups is 1. The molecule has 2 aromatic heterocycles. The third kappa shape index (κ3) is 4.10. The first-order valence-corrected chi connectivity index (χ1v) is 9.54. The molecule has 2 aliphatic rings. The summed E-state index contributed by atoms with van der Waals surface area (Å²) in [4.78, 5) is 25.4. The summed E-state index contributed by atoms with van der Waals surface area (Å²) in [7, 11) is 1.89. The van der Waals surface area contributed by atoms with Gasteiger partial charge in [0.25, 0.3) is 0 Å². The molecule has 8 nitrogen and oxygen atoms in total. The molecule has 2 aliphatic heterocycles. The number of hydrogen-bond donors (Lipinski definition) is 0. The first kappa shape index (κ1) is 17.9. The van der Waals surface area contributed by atoms with Crippen LogP contribution in [0.5, 0.6) is 0 Å². The molecule has 0 atom stereocenters. The highest BCUT2D eigenvalue weighted by atomic mass is 16.5. The summed E-state index contributed by atoms with van der Waals surface area (Å²) in [6.07, 6.45) is 12.0. The van der Waals surface area contributed by atoms with Gasteiger partial charge >= 0.3 is 0 Å². The standard InChI is InChI=1S/C19H26N6O2/c1-23-14-16(12-22-23)2-3-18(26)24-8-4-19(5-9-24)15-25(10-11-27-19)17-13-20-6-7-21-17/h6-7,12-14H,2-5,8-11,15H2,1H3. The molecule has 0 radical (unpaired) electrons. The van der Waals surface area contributed by atoms with Gasteiger partial charge in [-0.2, -0.15) is 5.10 Å². The number of nitrogens with zero attached hydrogens (tertiary/aromatic N) is 6. The lowest BCUT2D eigenvalue weighted by Gasteiger charge is -2.47. The van der Waals surface area contributed by atoms with Crippen LogP contribution in [0.3, 0.4) is 0 Å². The van der Waals surface area contributed by atoms with Crippen LogP contribution < -0.4 is 4.90 Å². The average Bonchev–Trinajstić information content (AvgIpc) is 3.13. The number of likely N-dealkylation sites (tertiary alicyclic amines) is 1. The largest absolute Gasteiger partial charge is 0.371 e. The van der Waals surface area contributed by atoms with Gasteiger partial charge in [0.05, 0.1) is 24.6 Å². The van der Waals surface area contributed by atoms with E-state index in [0.29, 0.717) is 13.0 Å². The van der Waals surface area contributed by atoms with Crippen LogP contribution in [0, 0.1) is 0 Å². The van der Waals surface area contributed by atoms with E-state index in [1.54, 1.807) is 23.3 Å². The van der Waals surface area contributed by atoms with E-state index < -0.39 is 0 Å². The second kappa shape index (κ2) is 7.64. The van der Waals surface area contributed by atoms with E-state index >= 15 is 0 Å². The Hall–Kier alpha value is -2.48. The maximum absolute atomic E-state index is 12.6. The van der Waals surface area contributed by atoms with Gasteiger partial charge in [-0.3, -0.25) is 14.5 Å². The van der Waals surface area contributed by atoms with Crippen molar-refractivity contribution in [3.63, 3.8) is 0 Å². The van der Waals surface area contributed by atoms with E-state index in [2.05, 4.69) is 20.0 Å². The molecule has 144 valence electrons. The normalized spacial score (nSPS) is 19.4. The van der Waals surface area contributed by atoms with Crippen LogP contribution in [0.15, 0.2) is 31.0 Å². The van der Waals surface area contributed by atoms with Crippen molar-refractivity contribution in [1.82, 2.24) is 24.6 Å². The van der Waals surface area contributed by atoms with Crippen molar-refractivity contribution in [3.05, 3.63) is 36.5 Å². The van der Waals surface area contributed by atoms with Gasteiger partial charge in [0.1, 0.15) is 5.82 Å². The Balaban J connectivity index is 1.30. The number of hydrogen-bond acceptors (Lipinski definition) is 6. The Kier molecular flexibility index (Phi) is 5.07. The number of morpholine rings is 1. The molecule has 0 unspecified atom stereocenters. The van der Waals surface area contributed by atoms with E-state index in [1.165, 1.54) is 0 Å². The second-order valence-electron chi connectivity index (χ2n) is 7.42. The highest BCUT2D eigenvalue weighted by Crippen LogP contribution is 2.31. The molecule has 1 amide bonds. The summed E-state index contributed by atoms with van der Waals surface area (Å²) in [5.41, 5.74) is 0.921. The van der Waals surface area contributed by atoms with Crippen LogP contribution in [0.2, 0.25) is 0 Å². The summed E-state index contributed by atoms with van der Waals surface area (Å²) in [6.45, 7) is 3.82. The smallest absolute Gasteiger partial charge is 0.222 e. The molecule has 0 N–H and O–H groups in total. The Morgan fingerprint density at radius 2 is 2.07 bits per heavy atom.